The van der Waals surface area contributed by atoms with Gasteiger partial charge in [0.25, 0.3) is 0 Å². The minimum atomic E-state index is -0.767. The first-order valence-electron chi connectivity index (χ1n) is 7.64. The van der Waals surface area contributed by atoms with Crippen molar-refractivity contribution in [3.63, 3.8) is 0 Å². The van der Waals surface area contributed by atoms with Crippen LogP contribution in [0.3, 0.4) is 0 Å². The van der Waals surface area contributed by atoms with Gasteiger partial charge in [0.1, 0.15) is 18.5 Å². The Bertz CT molecular complexity index is 739. The van der Waals surface area contributed by atoms with Crippen molar-refractivity contribution >= 4 is 29.0 Å². The molecule has 3 rings (SSSR count). The van der Waals surface area contributed by atoms with Crippen molar-refractivity contribution in [1.82, 2.24) is 0 Å². The summed E-state index contributed by atoms with van der Waals surface area (Å²) in [6.07, 6.45) is -0.767. The van der Waals surface area contributed by atoms with Gasteiger partial charge < -0.3 is 17.4 Å². The number of benzene rings is 2. The molecule has 0 spiro atoms. The van der Waals surface area contributed by atoms with Gasteiger partial charge in [-0.3, -0.25) is 0 Å². The van der Waals surface area contributed by atoms with Crippen molar-refractivity contribution < 1.29 is 17.4 Å². The molecule has 1 aliphatic heterocycles. The van der Waals surface area contributed by atoms with Gasteiger partial charge in [0.05, 0.1) is 12.6 Å². The van der Waals surface area contributed by atoms with Crippen molar-refractivity contribution in [3.8, 4) is 5.75 Å². The summed E-state index contributed by atoms with van der Waals surface area (Å²) in [5.74, 6) is 1.26. The van der Waals surface area contributed by atoms with Crippen LogP contribution in [0, 0.1) is 0 Å². The van der Waals surface area contributed by atoms with Crippen LogP contribution in [0.4, 0.5) is 0 Å². The fourth-order valence-electron chi connectivity index (χ4n) is 2.63. The molecule has 0 saturated carbocycles. The number of methoxy groups -OCH3 is 1. The zero-order valence-electron chi connectivity index (χ0n) is 16.3. The number of aliphatic hydroxyl groups is 1. The van der Waals surface area contributed by atoms with Gasteiger partial charge in [-0.05, 0) is 37.6 Å². The first-order chi connectivity index (χ1) is 11.0. The van der Waals surface area contributed by atoms with E-state index >= 15 is 0 Å². The summed E-state index contributed by atoms with van der Waals surface area (Å²) in [4.78, 5) is 4.63. The van der Waals surface area contributed by atoms with Crippen molar-refractivity contribution in [2.24, 2.45) is 4.99 Å². The van der Waals surface area contributed by atoms with E-state index in [1.165, 1.54) is 0 Å². The zero-order valence-corrected chi connectivity index (χ0v) is 15.7. The topological polar surface area (TPSA) is 51.0 Å². The molecule has 1 heterocycles. The minimum absolute atomic E-state index is 0. The number of aliphatic imine (C=N–C) groups is 1. The first-order valence-corrected chi connectivity index (χ1v) is 7.64. The largest absolute Gasteiger partial charge is 2.00 e. The Labute approximate surface area is 161 Å². The molecule has 5 heteroatoms. The second-order valence-electron chi connectivity index (χ2n) is 6.28. The third-order valence-electron chi connectivity index (χ3n) is 3.87. The van der Waals surface area contributed by atoms with Crippen LogP contribution in [0.25, 0.3) is 0 Å². The molecule has 0 radical (unpaired) electrons. The summed E-state index contributed by atoms with van der Waals surface area (Å²) in [6.45, 7) is 4.59. The van der Waals surface area contributed by atoms with E-state index in [0.717, 1.165) is 16.7 Å². The fraction of sp³-hybridized carbons (Fsp3) is 0.316. The normalized spacial score (nSPS) is 16.6. The number of ether oxygens (including phenoxy) is 2. The second-order valence-corrected chi connectivity index (χ2v) is 6.28. The maximum Gasteiger partial charge on any atom is 2.00 e. The molecule has 24 heavy (non-hydrogen) atoms. The van der Waals surface area contributed by atoms with Gasteiger partial charge in [0, 0.05) is 11.1 Å². The van der Waals surface area contributed by atoms with E-state index in [1.54, 1.807) is 7.11 Å². The molecule has 1 N–H and O–H groups in total. The van der Waals surface area contributed by atoms with Crippen LogP contribution in [0.2, 0.25) is 0 Å². The van der Waals surface area contributed by atoms with Crippen LogP contribution in [0.15, 0.2) is 53.5 Å². The summed E-state index contributed by atoms with van der Waals surface area (Å²) < 4.78 is 11.1. The van der Waals surface area contributed by atoms with Crippen molar-refractivity contribution in [2.75, 3.05) is 13.7 Å². The molecule has 2 aromatic rings. The zero-order chi connectivity index (χ0) is 16.4. The van der Waals surface area contributed by atoms with Crippen LogP contribution in [-0.4, -0.2) is 53.3 Å². The molecular weight excluding hydrogens is 315 g/mol. The van der Waals surface area contributed by atoms with Crippen LogP contribution >= 0.6 is 0 Å². The maximum atomic E-state index is 10.8. The summed E-state index contributed by atoms with van der Waals surface area (Å²) in [6, 6.07) is 15.1. The molecule has 0 saturated heterocycles. The number of hydrogen-bond donors (Lipinski definition) is 1. The monoisotopic (exact) mass is 337 g/mol. The predicted octanol–water partition coefficient (Wildman–Crippen LogP) is 3.18. The number of aliphatic hydroxyl groups excluding tert-OH is 1. The Morgan fingerprint density at radius 3 is 2.50 bits per heavy atom. The van der Waals surface area contributed by atoms with E-state index in [0.29, 0.717) is 18.3 Å². The van der Waals surface area contributed by atoms with Gasteiger partial charge in [-0.1, -0.05) is 30.3 Å². The molecule has 124 valence electrons. The maximum absolute atomic E-state index is 10.8. The third-order valence-corrected chi connectivity index (χ3v) is 3.87. The van der Waals surface area contributed by atoms with Crippen LogP contribution in [0.5, 0.6) is 5.75 Å². The minimum Gasteiger partial charge on any atom is -1.00 e. The predicted molar refractivity (Wildman–Crippen MR) is 98.0 cm³/mol. The van der Waals surface area contributed by atoms with Gasteiger partial charge in [0.15, 0.2) is 0 Å². The van der Waals surface area contributed by atoms with Gasteiger partial charge in [-0.25, -0.2) is 4.99 Å². The molecule has 1 unspecified atom stereocenters. The summed E-state index contributed by atoms with van der Waals surface area (Å²) in [5.41, 5.74) is 2.10. The van der Waals surface area contributed by atoms with Gasteiger partial charge in [-0.15, -0.1) is 0 Å². The van der Waals surface area contributed by atoms with Crippen molar-refractivity contribution in [1.29, 1.82) is 0 Å². The van der Waals surface area contributed by atoms with Crippen molar-refractivity contribution in [3.05, 3.63) is 65.2 Å². The second kappa shape index (κ2) is 7.55. The molecule has 0 aliphatic carbocycles. The Morgan fingerprint density at radius 1 is 1.21 bits per heavy atom. The molecule has 0 amide bonds. The van der Waals surface area contributed by atoms with E-state index in [1.807, 2.05) is 62.4 Å². The Balaban J connectivity index is 0.00000208. The Morgan fingerprint density at radius 2 is 1.92 bits per heavy atom. The third kappa shape index (κ3) is 3.91. The van der Waals surface area contributed by atoms with E-state index in [4.69, 9.17) is 9.47 Å². The number of hydrogen-bond acceptors (Lipinski definition) is 4. The SMILES string of the molecule is COc1ccc(C2=NC(C)(C)CO2)c(C(O)c2ccccc2)c1.[H-].[H-].[Mg+2]. The van der Waals surface area contributed by atoms with E-state index in [9.17, 15) is 5.11 Å². The van der Waals surface area contributed by atoms with Crippen LogP contribution in [0.1, 0.15) is 39.5 Å². The Hall–Kier alpha value is -1.56. The van der Waals surface area contributed by atoms with E-state index < -0.39 is 6.10 Å². The average molecular weight is 338 g/mol. The molecule has 0 bridgehead atoms. The van der Waals surface area contributed by atoms with Gasteiger partial charge >= 0.3 is 23.1 Å². The molecular formula is C19H23MgNO3. The number of rotatable bonds is 4. The van der Waals surface area contributed by atoms with Crippen molar-refractivity contribution in [2.45, 2.75) is 25.5 Å². The number of nitrogens with zero attached hydrogens (tertiary/aromatic N) is 1. The average Bonchev–Trinajstić information content (AvgIpc) is 2.94. The fourth-order valence-corrected chi connectivity index (χ4v) is 2.63. The van der Waals surface area contributed by atoms with E-state index in [2.05, 4.69) is 4.99 Å². The molecule has 2 aromatic carbocycles. The van der Waals surface area contributed by atoms with Crippen LogP contribution in [-0.2, 0) is 4.74 Å². The summed E-state index contributed by atoms with van der Waals surface area (Å²) in [7, 11) is 1.61. The van der Waals surface area contributed by atoms with Gasteiger partial charge in [-0.2, -0.15) is 0 Å². The first kappa shape index (κ1) is 18.8. The smallest absolute Gasteiger partial charge is 1.00 e. The quantitative estimate of drug-likeness (QED) is 0.872. The Kier molecular flexibility index (Phi) is 5.90. The van der Waals surface area contributed by atoms with Crippen LogP contribution < -0.4 is 4.74 Å². The molecule has 1 atom stereocenters. The molecule has 0 aromatic heterocycles. The summed E-state index contributed by atoms with van der Waals surface area (Å²) >= 11 is 0. The van der Waals surface area contributed by atoms with E-state index in [-0.39, 0.29) is 31.4 Å². The molecule has 0 fully saturated rings. The molecule has 4 nitrogen and oxygen atoms in total. The standard InChI is InChI=1S/C19H21NO3.Mg.2H/c1-19(2)12-23-18(20-19)15-10-9-14(22-3)11-16(15)17(21)13-7-5-4-6-8-13;;;/h4-11,17,21H,12H2,1-3H3;;;/q;+2;2*-1. The summed E-state index contributed by atoms with van der Waals surface area (Å²) in [5, 5.41) is 10.8. The van der Waals surface area contributed by atoms with Gasteiger partial charge in [0.2, 0.25) is 5.90 Å². The molecule has 1 aliphatic rings.